The summed E-state index contributed by atoms with van der Waals surface area (Å²) in [6, 6.07) is 7.67. The Morgan fingerprint density at radius 3 is 2.87 bits per heavy atom. The summed E-state index contributed by atoms with van der Waals surface area (Å²) in [6.07, 6.45) is 0.999. The van der Waals surface area contributed by atoms with Crippen molar-refractivity contribution in [2.24, 2.45) is 4.99 Å². The van der Waals surface area contributed by atoms with Crippen molar-refractivity contribution in [1.82, 2.24) is 0 Å². The van der Waals surface area contributed by atoms with E-state index in [1.54, 1.807) is 7.11 Å². The van der Waals surface area contributed by atoms with Gasteiger partial charge in [-0.15, -0.1) is 0 Å². The average molecular weight is 203 g/mol. The largest absolute Gasteiger partial charge is 0.496 e. The van der Waals surface area contributed by atoms with Crippen molar-refractivity contribution in [2.45, 2.75) is 12.8 Å². The Labute approximate surface area is 88.8 Å². The molecule has 0 bridgehead atoms. The number of methoxy groups -OCH3 is 1. The molecule has 0 saturated carbocycles. The van der Waals surface area contributed by atoms with E-state index < -0.39 is 0 Å². The van der Waals surface area contributed by atoms with Crippen molar-refractivity contribution in [3.63, 3.8) is 0 Å². The Morgan fingerprint density at radius 2 is 2.13 bits per heavy atom. The molecular weight excluding hydrogens is 190 g/mol. The Balaban J connectivity index is 2.36. The van der Waals surface area contributed by atoms with Gasteiger partial charge in [0.05, 0.1) is 12.8 Å². The minimum atomic E-state index is 0.255. The van der Waals surface area contributed by atoms with Crippen LogP contribution in [0.3, 0.4) is 0 Å². The van der Waals surface area contributed by atoms with Crippen LogP contribution in [0.2, 0.25) is 0 Å². The summed E-state index contributed by atoms with van der Waals surface area (Å²) in [7, 11) is 1.63. The lowest BCUT2D eigenvalue weighted by atomic mass is 10.0. The van der Waals surface area contributed by atoms with Crippen LogP contribution >= 0.6 is 0 Å². The fraction of sp³-hybridized carbons (Fsp3) is 0.333. The molecule has 1 heterocycles. The van der Waals surface area contributed by atoms with Crippen LogP contribution in [0.25, 0.3) is 0 Å². The van der Waals surface area contributed by atoms with Crippen LogP contribution in [-0.2, 0) is 4.79 Å². The molecule has 0 amide bonds. The van der Waals surface area contributed by atoms with Crippen LogP contribution in [0.4, 0.5) is 0 Å². The highest BCUT2D eigenvalue weighted by molar-refractivity contribution is 6.13. The number of carbonyl (C=O) groups is 1. The van der Waals surface area contributed by atoms with Gasteiger partial charge in [0, 0.05) is 24.9 Å². The van der Waals surface area contributed by atoms with Crippen LogP contribution in [-0.4, -0.2) is 25.1 Å². The third-order valence-electron chi connectivity index (χ3n) is 2.48. The van der Waals surface area contributed by atoms with Gasteiger partial charge in [-0.1, -0.05) is 12.1 Å². The molecule has 0 spiro atoms. The van der Waals surface area contributed by atoms with Gasteiger partial charge < -0.3 is 4.74 Å². The van der Waals surface area contributed by atoms with Crippen LogP contribution in [0.5, 0.6) is 5.75 Å². The van der Waals surface area contributed by atoms with E-state index >= 15 is 0 Å². The fourth-order valence-electron chi connectivity index (χ4n) is 1.71. The lowest BCUT2D eigenvalue weighted by Crippen LogP contribution is -2.16. The van der Waals surface area contributed by atoms with Gasteiger partial charge >= 0.3 is 0 Å². The predicted molar refractivity (Wildman–Crippen MR) is 58.6 cm³/mol. The normalized spacial score (nSPS) is 16.1. The van der Waals surface area contributed by atoms with Gasteiger partial charge in [0.2, 0.25) is 0 Å². The molecule has 3 nitrogen and oxygen atoms in total. The molecule has 0 radical (unpaired) electrons. The molecule has 0 unspecified atom stereocenters. The number of benzene rings is 1. The van der Waals surface area contributed by atoms with Crippen LogP contribution in [0, 0.1) is 0 Å². The second-order valence-electron chi connectivity index (χ2n) is 3.49. The standard InChI is InChI=1S/C12H13NO2/c1-15-12-5-3-2-4-10(12)11-8-9(14)6-7-13-11/h2-5H,6-8H2,1H3. The number of hydrogen-bond acceptors (Lipinski definition) is 3. The molecule has 2 rings (SSSR count). The predicted octanol–water partition coefficient (Wildman–Crippen LogP) is 1.85. The first-order valence-corrected chi connectivity index (χ1v) is 4.99. The summed E-state index contributed by atoms with van der Waals surface area (Å²) in [5, 5.41) is 0. The first-order chi connectivity index (χ1) is 7.31. The van der Waals surface area contributed by atoms with Crippen LogP contribution < -0.4 is 4.74 Å². The second kappa shape index (κ2) is 4.26. The Kier molecular flexibility index (Phi) is 2.81. The zero-order chi connectivity index (χ0) is 10.7. The Morgan fingerprint density at radius 1 is 1.33 bits per heavy atom. The molecule has 0 fully saturated rings. The molecule has 3 heteroatoms. The molecule has 1 aromatic carbocycles. The van der Waals surface area contributed by atoms with Crippen LogP contribution in [0.1, 0.15) is 18.4 Å². The maximum Gasteiger partial charge on any atom is 0.140 e. The van der Waals surface area contributed by atoms with E-state index in [1.165, 1.54) is 0 Å². The SMILES string of the molecule is COc1ccccc1C1=NCCC(=O)C1. The van der Waals surface area contributed by atoms with E-state index in [1.807, 2.05) is 24.3 Å². The highest BCUT2D eigenvalue weighted by Gasteiger charge is 2.16. The lowest BCUT2D eigenvalue weighted by molar-refractivity contribution is -0.117. The van der Waals surface area contributed by atoms with E-state index in [9.17, 15) is 4.79 Å². The summed E-state index contributed by atoms with van der Waals surface area (Å²) in [4.78, 5) is 15.7. The number of hydrogen-bond donors (Lipinski definition) is 0. The second-order valence-corrected chi connectivity index (χ2v) is 3.49. The van der Waals surface area contributed by atoms with Crippen molar-refractivity contribution >= 4 is 11.5 Å². The van der Waals surface area contributed by atoms with Crippen molar-refractivity contribution in [3.05, 3.63) is 29.8 Å². The molecule has 0 aliphatic carbocycles. The third-order valence-corrected chi connectivity index (χ3v) is 2.48. The molecule has 78 valence electrons. The molecule has 0 N–H and O–H groups in total. The first kappa shape index (κ1) is 9.90. The minimum absolute atomic E-state index is 0.255. The molecule has 1 aliphatic rings. The summed E-state index contributed by atoms with van der Waals surface area (Å²) in [5.74, 6) is 1.04. The lowest BCUT2D eigenvalue weighted by Gasteiger charge is -2.13. The number of nitrogens with zero attached hydrogens (tertiary/aromatic N) is 1. The Bertz CT molecular complexity index is 410. The smallest absolute Gasteiger partial charge is 0.140 e. The summed E-state index contributed by atoms with van der Waals surface area (Å²) >= 11 is 0. The zero-order valence-electron chi connectivity index (χ0n) is 8.69. The number of Topliss-reactive ketones (excluding diaryl/α,β-unsaturated/α-hetero) is 1. The molecule has 1 aromatic rings. The van der Waals surface area contributed by atoms with E-state index in [-0.39, 0.29) is 5.78 Å². The highest BCUT2D eigenvalue weighted by Crippen LogP contribution is 2.21. The number of para-hydroxylation sites is 1. The van der Waals surface area contributed by atoms with Gasteiger partial charge in [0.25, 0.3) is 0 Å². The number of carbonyl (C=O) groups excluding carboxylic acids is 1. The number of aliphatic imine (C=N–C) groups is 1. The number of rotatable bonds is 2. The van der Waals surface area contributed by atoms with Crippen molar-refractivity contribution in [2.75, 3.05) is 13.7 Å². The van der Waals surface area contributed by atoms with Gasteiger partial charge in [0.15, 0.2) is 0 Å². The minimum Gasteiger partial charge on any atom is -0.496 e. The molecular formula is C12H13NO2. The quantitative estimate of drug-likeness (QED) is 0.735. The van der Waals surface area contributed by atoms with Gasteiger partial charge in [-0.05, 0) is 12.1 Å². The van der Waals surface area contributed by atoms with Crippen molar-refractivity contribution in [3.8, 4) is 5.75 Å². The maximum absolute atomic E-state index is 11.3. The molecule has 0 saturated heterocycles. The Hall–Kier alpha value is -1.64. The first-order valence-electron chi connectivity index (χ1n) is 4.99. The van der Waals surface area contributed by atoms with Crippen molar-refractivity contribution in [1.29, 1.82) is 0 Å². The molecule has 0 aromatic heterocycles. The van der Waals surface area contributed by atoms with E-state index in [0.29, 0.717) is 19.4 Å². The maximum atomic E-state index is 11.3. The van der Waals surface area contributed by atoms with Gasteiger partial charge in [-0.3, -0.25) is 9.79 Å². The van der Waals surface area contributed by atoms with E-state index in [0.717, 1.165) is 17.0 Å². The van der Waals surface area contributed by atoms with Gasteiger partial charge in [0.1, 0.15) is 11.5 Å². The number of ether oxygens (including phenoxy) is 1. The fourth-order valence-corrected chi connectivity index (χ4v) is 1.71. The number of ketones is 1. The summed E-state index contributed by atoms with van der Waals surface area (Å²) < 4.78 is 5.24. The monoisotopic (exact) mass is 203 g/mol. The van der Waals surface area contributed by atoms with E-state index in [4.69, 9.17) is 4.74 Å². The summed E-state index contributed by atoms with van der Waals surface area (Å²) in [6.45, 7) is 0.603. The highest BCUT2D eigenvalue weighted by atomic mass is 16.5. The van der Waals surface area contributed by atoms with Gasteiger partial charge in [-0.25, -0.2) is 0 Å². The topological polar surface area (TPSA) is 38.7 Å². The molecule has 1 aliphatic heterocycles. The van der Waals surface area contributed by atoms with E-state index in [2.05, 4.69) is 4.99 Å². The third kappa shape index (κ3) is 2.06. The summed E-state index contributed by atoms with van der Waals surface area (Å²) in [5.41, 5.74) is 1.79. The van der Waals surface area contributed by atoms with Crippen LogP contribution in [0.15, 0.2) is 29.3 Å². The average Bonchev–Trinajstić information content (AvgIpc) is 2.29. The molecule has 0 atom stereocenters. The zero-order valence-corrected chi connectivity index (χ0v) is 8.69. The molecule has 15 heavy (non-hydrogen) atoms. The van der Waals surface area contributed by atoms with Crippen molar-refractivity contribution < 1.29 is 9.53 Å². The van der Waals surface area contributed by atoms with Gasteiger partial charge in [-0.2, -0.15) is 0 Å².